The molecule has 6 nitrogen and oxygen atoms in total. The van der Waals surface area contributed by atoms with Crippen molar-refractivity contribution in [2.45, 2.75) is 13.0 Å². The van der Waals surface area contributed by atoms with Gasteiger partial charge >= 0.3 is 0 Å². The van der Waals surface area contributed by atoms with Crippen molar-refractivity contribution >= 4 is 22.3 Å². The van der Waals surface area contributed by atoms with Gasteiger partial charge in [0.1, 0.15) is 24.3 Å². The zero-order valence-corrected chi connectivity index (χ0v) is 17.8. The standard InChI is InChI=1S/C24H21NO5S/c1-27-20-6-2-3-7-21(20)30-22-14-28-24-17(23(22)26)8-9-19-18(24)13-25(15-29-19)11-10-16-5-4-12-31-16/h2-9,12,14H,10-11,13,15H2,1H3. The Kier molecular flexibility index (Phi) is 5.36. The number of benzene rings is 2. The van der Waals surface area contributed by atoms with Crippen molar-refractivity contribution in [2.24, 2.45) is 0 Å². The first kappa shape index (κ1) is 19.7. The lowest BCUT2D eigenvalue weighted by Gasteiger charge is -2.29. The maximum Gasteiger partial charge on any atom is 0.235 e. The molecule has 0 saturated heterocycles. The Morgan fingerprint density at radius 3 is 2.74 bits per heavy atom. The fourth-order valence-electron chi connectivity index (χ4n) is 3.70. The SMILES string of the molecule is COc1ccccc1Oc1coc2c3c(ccc2c1=O)OCN(CCc1cccs1)C3. The molecular formula is C24H21NO5S. The molecule has 7 heteroatoms. The number of methoxy groups -OCH3 is 1. The van der Waals surface area contributed by atoms with E-state index in [1.54, 1.807) is 36.6 Å². The van der Waals surface area contributed by atoms with E-state index in [-0.39, 0.29) is 11.2 Å². The minimum Gasteiger partial charge on any atom is -0.493 e. The van der Waals surface area contributed by atoms with Gasteiger partial charge in [-0.1, -0.05) is 18.2 Å². The summed E-state index contributed by atoms with van der Waals surface area (Å²) in [6, 6.07) is 14.9. The predicted molar refractivity (Wildman–Crippen MR) is 119 cm³/mol. The van der Waals surface area contributed by atoms with Gasteiger partial charge in [-0.15, -0.1) is 11.3 Å². The monoisotopic (exact) mass is 435 g/mol. The first-order chi connectivity index (χ1) is 15.2. The highest BCUT2D eigenvalue weighted by Gasteiger charge is 2.23. The summed E-state index contributed by atoms with van der Waals surface area (Å²) < 4.78 is 22.9. The van der Waals surface area contributed by atoms with E-state index < -0.39 is 0 Å². The smallest absolute Gasteiger partial charge is 0.235 e. The van der Waals surface area contributed by atoms with Crippen molar-refractivity contribution in [3.8, 4) is 23.0 Å². The number of nitrogens with zero attached hydrogens (tertiary/aromatic N) is 1. The molecule has 4 aromatic rings. The maximum absolute atomic E-state index is 13.1. The number of rotatable bonds is 6. The van der Waals surface area contributed by atoms with Crippen LogP contribution in [-0.4, -0.2) is 25.3 Å². The first-order valence-corrected chi connectivity index (χ1v) is 10.9. The third-order valence-corrected chi connectivity index (χ3v) is 6.23. The molecular weight excluding hydrogens is 414 g/mol. The molecule has 0 amide bonds. The van der Waals surface area contributed by atoms with Gasteiger partial charge in [0.15, 0.2) is 11.5 Å². The average Bonchev–Trinajstić information content (AvgIpc) is 3.33. The van der Waals surface area contributed by atoms with E-state index in [4.69, 9.17) is 18.6 Å². The number of hydrogen-bond donors (Lipinski definition) is 0. The van der Waals surface area contributed by atoms with Crippen LogP contribution in [-0.2, 0) is 13.0 Å². The van der Waals surface area contributed by atoms with Crippen molar-refractivity contribution in [1.29, 1.82) is 0 Å². The molecule has 2 aromatic carbocycles. The summed E-state index contributed by atoms with van der Waals surface area (Å²) in [6.45, 7) is 2.05. The molecule has 0 atom stereocenters. The minimum absolute atomic E-state index is 0.114. The van der Waals surface area contributed by atoms with Gasteiger partial charge in [-0.2, -0.15) is 0 Å². The molecule has 31 heavy (non-hydrogen) atoms. The van der Waals surface area contributed by atoms with Crippen LogP contribution >= 0.6 is 11.3 Å². The Bertz CT molecular complexity index is 1260. The lowest BCUT2D eigenvalue weighted by atomic mass is 10.1. The van der Waals surface area contributed by atoms with E-state index in [9.17, 15) is 4.79 Å². The van der Waals surface area contributed by atoms with Crippen LogP contribution < -0.4 is 19.6 Å². The van der Waals surface area contributed by atoms with Gasteiger partial charge in [-0.3, -0.25) is 9.69 Å². The van der Waals surface area contributed by atoms with Crippen LogP contribution in [0.1, 0.15) is 10.4 Å². The quantitative estimate of drug-likeness (QED) is 0.422. The zero-order valence-electron chi connectivity index (χ0n) is 17.0. The fraction of sp³-hybridized carbons (Fsp3) is 0.208. The van der Waals surface area contributed by atoms with Crippen LogP contribution in [0.5, 0.6) is 23.0 Å². The second-order valence-corrected chi connectivity index (χ2v) is 8.29. The summed E-state index contributed by atoms with van der Waals surface area (Å²) in [7, 11) is 1.56. The van der Waals surface area contributed by atoms with Gasteiger partial charge in [0.2, 0.25) is 11.2 Å². The summed E-state index contributed by atoms with van der Waals surface area (Å²) in [4.78, 5) is 16.7. The molecule has 0 fully saturated rings. The van der Waals surface area contributed by atoms with E-state index in [1.165, 1.54) is 11.1 Å². The Morgan fingerprint density at radius 1 is 1.06 bits per heavy atom. The number of thiophene rings is 1. The van der Waals surface area contributed by atoms with Crippen LogP contribution in [0.2, 0.25) is 0 Å². The summed E-state index contributed by atoms with van der Waals surface area (Å²) in [5, 5.41) is 2.55. The predicted octanol–water partition coefficient (Wildman–Crippen LogP) is 5.05. The first-order valence-electron chi connectivity index (χ1n) is 9.99. The van der Waals surface area contributed by atoms with E-state index in [1.807, 2.05) is 18.2 Å². The Morgan fingerprint density at radius 2 is 1.94 bits per heavy atom. The largest absolute Gasteiger partial charge is 0.493 e. The van der Waals surface area contributed by atoms with Crippen LogP contribution in [0, 0.1) is 0 Å². The number of hydrogen-bond acceptors (Lipinski definition) is 7. The van der Waals surface area contributed by atoms with Crippen LogP contribution in [0.3, 0.4) is 0 Å². The molecule has 5 rings (SSSR count). The van der Waals surface area contributed by atoms with E-state index in [2.05, 4.69) is 22.4 Å². The van der Waals surface area contributed by atoms with Crippen LogP contribution in [0.15, 0.2) is 69.4 Å². The second kappa shape index (κ2) is 8.45. The van der Waals surface area contributed by atoms with Gasteiger partial charge < -0.3 is 18.6 Å². The van der Waals surface area contributed by atoms with E-state index >= 15 is 0 Å². The summed E-state index contributed by atoms with van der Waals surface area (Å²) in [5.74, 6) is 1.87. The van der Waals surface area contributed by atoms with Crippen molar-refractivity contribution < 1.29 is 18.6 Å². The molecule has 1 aliphatic heterocycles. The summed E-state index contributed by atoms with van der Waals surface area (Å²) in [5.41, 5.74) is 1.19. The van der Waals surface area contributed by atoms with Crippen molar-refractivity contribution in [3.05, 3.63) is 80.8 Å². The lowest BCUT2D eigenvalue weighted by molar-refractivity contribution is 0.0970. The highest BCUT2D eigenvalue weighted by molar-refractivity contribution is 7.09. The Labute approximate surface area is 183 Å². The summed E-state index contributed by atoms with van der Waals surface area (Å²) >= 11 is 1.76. The Hall–Kier alpha value is -3.29. The molecule has 0 bridgehead atoms. The van der Waals surface area contributed by atoms with E-state index in [0.717, 1.165) is 24.3 Å². The van der Waals surface area contributed by atoms with Gasteiger partial charge in [0.05, 0.1) is 18.1 Å². The van der Waals surface area contributed by atoms with Crippen molar-refractivity contribution in [2.75, 3.05) is 20.4 Å². The molecule has 0 aliphatic carbocycles. The van der Waals surface area contributed by atoms with Crippen molar-refractivity contribution in [1.82, 2.24) is 4.90 Å². The normalized spacial score (nSPS) is 13.6. The third kappa shape index (κ3) is 3.89. The van der Waals surface area contributed by atoms with E-state index in [0.29, 0.717) is 35.7 Å². The molecule has 0 saturated carbocycles. The zero-order chi connectivity index (χ0) is 21.2. The number of ether oxygens (including phenoxy) is 3. The number of fused-ring (bicyclic) bond motifs is 3. The molecule has 0 spiro atoms. The Balaban J connectivity index is 1.43. The molecule has 3 heterocycles. The van der Waals surface area contributed by atoms with Gasteiger partial charge in [0, 0.05) is 18.0 Å². The lowest BCUT2D eigenvalue weighted by Crippen LogP contribution is -2.33. The van der Waals surface area contributed by atoms with Crippen LogP contribution in [0.25, 0.3) is 11.0 Å². The highest BCUT2D eigenvalue weighted by Crippen LogP contribution is 2.34. The fourth-order valence-corrected chi connectivity index (χ4v) is 4.39. The van der Waals surface area contributed by atoms with Crippen molar-refractivity contribution in [3.63, 3.8) is 0 Å². The van der Waals surface area contributed by atoms with Crippen LogP contribution in [0.4, 0.5) is 0 Å². The highest BCUT2D eigenvalue weighted by atomic mass is 32.1. The second-order valence-electron chi connectivity index (χ2n) is 7.26. The van der Waals surface area contributed by atoms with Gasteiger partial charge in [-0.05, 0) is 42.1 Å². The molecule has 2 aromatic heterocycles. The third-order valence-electron chi connectivity index (χ3n) is 5.30. The maximum atomic E-state index is 13.1. The molecule has 0 unspecified atom stereocenters. The van der Waals surface area contributed by atoms with Gasteiger partial charge in [-0.25, -0.2) is 0 Å². The topological polar surface area (TPSA) is 61.1 Å². The van der Waals surface area contributed by atoms with Gasteiger partial charge in [0.25, 0.3) is 0 Å². The average molecular weight is 436 g/mol. The minimum atomic E-state index is -0.231. The molecule has 1 aliphatic rings. The molecule has 0 N–H and O–H groups in total. The molecule has 0 radical (unpaired) electrons. The molecule has 158 valence electrons. The number of para-hydroxylation sites is 2. The summed E-state index contributed by atoms with van der Waals surface area (Å²) in [6.07, 6.45) is 2.32.